The second kappa shape index (κ2) is 6.89. The Hall–Kier alpha value is -1.35. The number of carboxylic acid groups (broad SMARTS) is 1. The number of nitrogens with zero attached hydrogens (tertiary/aromatic N) is 1. The van der Waals surface area contributed by atoms with Crippen molar-refractivity contribution in [2.75, 3.05) is 6.54 Å². The quantitative estimate of drug-likeness (QED) is 0.820. The number of hydrogen-bond donors (Lipinski definition) is 1. The molecule has 0 aromatic heterocycles. The van der Waals surface area contributed by atoms with Crippen LogP contribution >= 0.6 is 0 Å². The van der Waals surface area contributed by atoms with Crippen LogP contribution in [-0.4, -0.2) is 28.1 Å². The van der Waals surface area contributed by atoms with E-state index in [0.717, 1.165) is 6.42 Å². The van der Waals surface area contributed by atoms with Crippen LogP contribution in [0.25, 0.3) is 0 Å². The van der Waals surface area contributed by atoms with Gasteiger partial charge in [0.05, 0.1) is 0 Å². The zero-order valence-electron chi connectivity index (χ0n) is 13.3. The van der Waals surface area contributed by atoms with E-state index in [1.54, 1.807) is 13.8 Å². The van der Waals surface area contributed by atoms with Crippen LogP contribution in [0.5, 0.6) is 0 Å². The van der Waals surface area contributed by atoms with Gasteiger partial charge in [0.15, 0.2) is 0 Å². The molecule has 1 aromatic rings. The number of rotatable bonds is 7. The van der Waals surface area contributed by atoms with Gasteiger partial charge in [0.1, 0.15) is 5.54 Å². The van der Waals surface area contributed by atoms with Crippen molar-refractivity contribution in [2.45, 2.75) is 52.6 Å². The van der Waals surface area contributed by atoms with Crippen molar-refractivity contribution >= 4 is 5.97 Å². The Labute approximate surface area is 122 Å². The second-order valence-electron chi connectivity index (χ2n) is 6.21. The van der Waals surface area contributed by atoms with Crippen LogP contribution in [0, 0.1) is 5.92 Å². The highest BCUT2D eigenvalue weighted by molar-refractivity contribution is 5.77. The van der Waals surface area contributed by atoms with E-state index in [0.29, 0.717) is 12.5 Å². The van der Waals surface area contributed by atoms with Gasteiger partial charge in [0.25, 0.3) is 0 Å². The molecule has 112 valence electrons. The summed E-state index contributed by atoms with van der Waals surface area (Å²) in [5.74, 6) is -0.261. The average Bonchev–Trinajstić information content (AvgIpc) is 2.38. The van der Waals surface area contributed by atoms with E-state index in [1.165, 1.54) is 5.56 Å². The maximum atomic E-state index is 11.6. The molecule has 0 bridgehead atoms. The highest BCUT2D eigenvalue weighted by Crippen LogP contribution is 2.33. The smallest absolute Gasteiger partial charge is 0.323 e. The van der Waals surface area contributed by atoms with Crippen molar-refractivity contribution < 1.29 is 9.90 Å². The van der Waals surface area contributed by atoms with Crippen molar-refractivity contribution in [1.82, 2.24) is 4.90 Å². The summed E-state index contributed by atoms with van der Waals surface area (Å²) in [6.45, 7) is 10.7. The molecule has 0 radical (unpaired) electrons. The number of aliphatic carboxylic acids is 1. The molecule has 0 fully saturated rings. The lowest BCUT2D eigenvalue weighted by atomic mass is 9.91. The molecule has 0 amide bonds. The summed E-state index contributed by atoms with van der Waals surface area (Å²) in [4.78, 5) is 13.7. The van der Waals surface area contributed by atoms with Gasteiger partial charge in [-0.1, -0.05) is 51.1 Å². The molecule has 1 unspecified atom stereocenters. The van der Waals surface area contributed by atoms with Crippen LogP contribution in [-0.2, 0) is 4.79 Å². The van der Waals surface area contributed by atoms with Gasteiger partial charge in [-0.05, 0) is 38.3 Å². The topological polar surface area (TPSA) is 40.5 Å². The Balaban J connectivity index is 3.18. The molecule has 3 heteroatoms. The minimum absolute atomic E-state index is 0.132. The maximum absolute atomic E-state index is 11.6. The highest BCUT2D eigenvalue weighted by atomic mass is 16.4. The second-order valence-corrected chi connectivity index (χ2v) is 6.21. The number of benzene rings is 1. The van der Waals surface area contributed by atoms with Crippen molar-refractivity contribution in [3.63, 3.8) is 0 Å². The van der Waals surface area contributed by atoms with Crippen LogP contribution in [0.15, 0.2) is 30.3 Å². The van der Waals surface area contributed by atoms with Gasteiger partial charge in [0.2, 0.25) is 0 Å². The Morgan fingerprint density at radius 3 is 2.20 bits per heavy atom. The molecule has 1 aromatic carbocycles. The van der Waals surface area contributed by atoms with Gasteiger partial charge >= 0.3 is 5.97 Å². The van der Waals surface area contributed by atoms with Gasteiger partial charge in [-0.3, -0.25) is 9.69 Å². The van der Waals surface area contributed by atoms with E-state index >= 15 is 0 Å². The average molecular weight is 277 g/mol. The normalized spacial score (nSPS) is 13.8. The molecule has 0 aliphatic rings. The van der Waals surface area contributed by atoms with E-state index in [4.69, 9.17) is 0 Å². The maximum Gasteiger partial charge on any atom is 0.323 e. The fourth-order valence-corrected chi connectivity index (χ4v) is 2.69. The van der Waals surface area contributed by atoms with E-state index in [2.05, 4.69) is 30.9 Å². The minimum atomic E-state index is -0.871. The molecule has 3 nitrogen and oxygen atoms in total. The van der Waals surface area contributed by atoms with Gasteiger partial charge in [0, 0.05) is 6.04 Å². The summed E-state index contributed by atoms with van der Waals surface area (Å²) in [7, 11) is 0. The largest absolute Gasteiger partial charge is 0.480 e. The van der Waals surface area contributed by atoms with Crippen molar-refractivity contribution in [2.24, 2.45) is 5.92 Å². The van der Waals surface area contributed by atoms with Gasteiger partial charge in [-0.2, -0.15) is 0 Å². The van der Waals surface area contributed by atoms with E-state index in [-0.39, 0.29) is 6.04 Å². The first-order chi connectivity index (χ1) is 9.30. The summed E-state index contributed by atoms with van der Waals surface area (Å²) >= 11 is 0. The summed E-state index contributed by atoms with van der Waals surface area (Å²) in [5.41, 5.74) is 0.321. The number of carbonyl (C=O) groups is 1. The highest BCUT2D eigenvalue weighted by Gasteiger charge is 2.38. The van der Waals surface area contributed by atoms with Gasteiger partial charge in [-0.25, -0.2) is 0 Å². The molecule has 0 saturated heterocycles. The first-order valence-electron chi connectivity index (χ1n) is 7.35. The molecular weight excluding hydrogens is 250 g/mol. The number of likely N-dealkylation sites (N-methyl/N-ethyl adjacent to an activating group) is 1. The van der Waals surface area contributed by atoms with E-state index in [9.17, 15) is 9.90 Å². The molecule has 0 heterocycles. The van der Waals surface area contributed by atoms with E-state index < -0.39 is 11.5 Å². The van der Waals surface area contributed by atoms with Crippen LogP contribution < -0.4 is 0 Å². The van der Waals surface area contributed by atoms with Crippen LogP contribution in [0.2, 0.25) is 0 Å². The third-order valence-electron chi connectivity index (χ3n) is 3.84. The van der Waals surface area contributed by atoms with Crippen LogP contribution in [0.3, 0.4) is 0 Å². The predicted molar refractivity (Wildman–Crippen MR) is 82.7 cm³/mol. The zero-order chi connectivity index (χ0) is 15.3. The van der Waals surface area contributed by atoms with Gasteiger partial charge in [-0.15, -0.1) is 0 Å². The molecule has 20 heavy (non-hydrogen) atoms. The molecule has 0 aliphatic carbocycles. The van der Waals surface area contributed by atoms with Crippen LogP contribution in [0.1, 0.15) is 52.6 Å². The zero-order valence-corrected chi connectivity index (χ0v) is 13.3. The Morgan fingerprint density at radius 2 is 1.80 bits per heavy atom. The van der Waals surface area contributed by atoms with Gasteiger partial charge < -0.3 is 5.11 Å². The SMILES string of the molecule is CCN(C(CC(C)C)c1ccccc1)C(C)(C)C(=O)O. The number of carboxylic acids is 1. The predicted octanol–water partition coefficient (Wildman–Crippen LogP) is 3.96. The molecule has 1 rings (SSSR count). The molecule has 1 atom stereocenters. The Bertz CT molecular complexity index is 426. The first kappa shape index (κ1) is 16.7. The lowest BCUT2D eigenvalue weighted by molar-refractivity contribution is -0.151. The molecule has 0 spiro atoms. The molecule has 1 N–H and O–H groups in total. The molecular formula is C17H27NO2. The third kappa shape index (κ3) is 3.83. The molecule has 0 aliphatic heterocycles. The standard InChI is InChI=1S/C17H27NO2/c1-6-18(17(4,5)16(19)20)15(12-13(2)3)14-10-8-7-9-11-14/h7-11,13,15H,6,12H2,1-5H3,(H,19,20). The van der Waals surface area contributed by atoms with Crippen molar-refractivity contribution in [3.05, 3.63) is 35.9 Å². The summed E-state index contributed by atoms with van der Waals surface area (Å²) in [5, 5.41) is 9.53. The monoisotopic (exact) mass is 277 g/mol. The fourth-order valence-electron chi connectivity index (χ4n) is 2.69. The Kier molecular flexibility index (Phi) is 5.75. The summed E-state index contributed by atoms with van der Waals surface area (Å²) in [6.07, 6.45) is 0.953. The molecule has 0 saturated carbocycles. The summed E-state index contributed by atoms with van der Waals surface area (Å²) < 4.78 is 0. The van der Waals surface area contributed by atoms with Crippen LogP contribution in [0.4, 0.5) is 0 Å². The van der Waals surface area contributed by atoms with Crippen molar-refractivity contribution in [3.8, 4) is 0 Å². The first-order valence-corrected chi connectivity index (χ1v) is 7.35. The van der Waals surface area contributed by atoms with Crippen molar-refractivity contribution in [1.29, 1.82) is 0 Å². The van der Waals surface area contributed by atoms with E-state index in [1.807, 2.05) is 25.1 Å². The fraction of sp³-hybridized carbons (Fsp3) is 0.588. The number of hydrogen-bond acceptors (Lipinski definition) is 2. The lowest BCUT2D eigenvalue weighted by Gasteiger charge is -2.41. The lowest BCUT2D eigenvalue weighted by Crippen LogP contribution is -2.51. The third-order valence-corrected chi connectivity index (χ3v) is 3.84. The summed E-state index contributed by atoms with van der Waals surface area (Å²) in [6, 6.07) is 10.3. The minimum Gasteiger partial charge on any atom is -0.480 e. The Morgan fingerprint density at radius 1 is 1.25 bits per heavy atom.